The van der Waals surface area contributed by atoms with Crippen LogP contribution in [-0.4, -0.2) is 25.7 Å². The van der Waals surface area contributed by atoms with Gasteiger partial charge < -0.3 is 14.8 Å². The first-order valence-electron chi connectivity index (χ1n) is 5.60. The Balaban J connectivity index is 2.49. The smallest absolute Gasteiger partial charge is 0.331 e. The topological polar surface area (TPSA) is 75.4 Å². The number of carboxylic acid groups (broad SMARTS) is 1. The maximum Gasteiger partial charge on any atom is 0.331 e. The number of imidazole rings is 1. The molecule has 5 heteroatoms. The van der Waals surface area contributed by atoms with Gasteiger partial charge in [-0.3, -0.25) is 0 Å². The molecule has 0 aliphatic rings. The Bertz CT molecular complexity index is 534. The van der Waals surface area contributed by atoms with Gasteiger partial charge in [-0.2, -0.15) is 0 Å². The molecular weight excluding hydrogens is 232 g/mol. The first-order chi connectivity index (χ1) is 8.61. The van der Waals surface area contributed by atoms with Crippen LogP contribution in [0.3, 0.4) is 0 Å². The lowest BCUT2D eigenvalue weighted by Gasteiger charge is -2.18. The maximum atomic E-state index is 11.4. The molecule has 2 atom stereocenters. The fourth-order valence-corrected chi connectivity index (χ4v) is 1.92. The van der Waals surface area contributed by atoms with E-state index in [1.165, 1.54) is 10.8 Å². The second kappa shape index (κ2) is 5.01. The zero-order chi connectivity index (χ0) is 13.1. The zero-order valence-electron chi connectivity index (χ0n) is 9.89. The van der Waals surface area contributed by atoms with Gasteiger partial charge in [0.2, 0.25) is 0 Å². The van der Waals surface area contributed by atoms with E-state index in [9.17, 15) is 15.0 Å². The van der Waals surface area contributed by atoms with Crippen molar-refractivity contribution in [2.75, 3.05) is 0 Å². The van der Waals surface area contributed by atoms with Crippen LogP contribution in [0.5, 0.6) is 0 Å². The van der Waals surface area contributed by atoms with E-state index in [1.807, 2.05) is 6.07 Å². The number of hydrogen-bond donors (Lipinski definition) is 2. The second-order valence-corrected chi connectivity index (χ2v) is 4.02. The van der Waals surface area contributed by atoms with Crippen molar-refractivity contribution in [2.24, 2.45) is 0 Å². The minimum Gasteiger partial charge on any atom is -0.479 e. The Morgan fingerprint density at radius 3 is 2.56 bits per heavy atom. The fourth-order valence-electron chi connectivity index (χ4n) is 1.92. The molecule has 0 fully saturated rings. The van der Waals surface area contributed by atoms with Gasteiger partial charge in [0.05, 0.1) is 0 Å². The van der Waals surface area contributed by atoms with Gasteiger partial charge in [0.15, 0.2) is 6.04 Å². The van der Waals surface area contributed by atoms with Crippen molar-refractivity contribution in [3.05, 3.63) is 54.1 Å². The molecule has 2 unspecified atom stereocenters. The zero-order valence-corrected chi connectivity index (χ0v) is 9.89. The summed E-state index contributed by atoms with van der Waals surface area (Å²) in [4.78, 5) is 15.4. The number of nitrogens with zero attached hydrogens (tertiary/aromatic N) is 2. The van der Waals surface area contributed by atoms with Gasteiger partial charge in [0.25, 0.3) is 0 Å². The molecule has 0 saturated carbocycles. The molecule has 0 aliphatic heterocycles. The minimum atomic E-state index is -0.985. The van der Waals surface area contributed by atoms with E-state index in [-0.39, 0.29) is 0 Å². The van der Waals surface area contributed by atoms with Crippen molar-refractivity contribution in [1.29, 1.82) is 0 Å². The van der Waals surface area contributed by atoms with Crippen LogP contribution in [-0.2, 0) is 4.79 Å². The van der Waals surface area contributed by atoms with Gasteiger partial charge >= 0.3 is 5.97 Å². The molecule has 0 aliphatic carbocycles. The number of rotatable bonds is 4. The normalized spacial score (nSPS) is 14.1. The van der Waals surface area contributed by atoms with Crippen molar-refractivity contribution < 1.29 is 15.0 Å². The summed E-state index contributed by atoms with van der Waals surface area (Å²) in [5.41, 5.74) is 0.643. The average Bonchev–Trinajstić information content (AvgIpc) is 2.79. The van der Waals surface area contributed by atoms with Crippen LogP contribution in [0.4, 0.5) is 0 Å². The van der Waals surface area contributed by atoms with Gasteiger partial charge in [-0.05, 0) is 12.5 Å². The Morgan fingerprint density at radius 1 is 1.33 bits per heavy atom. The van der Waals surface area contributed by atoms with Crippen LogP contribution in [0, 0.1) is 0 Å². The standard InChI is InChI=1S/C13H14N2O3/c1-9(16)12-14-7-8-15(12)11(13(17)18)10-5-3-2-4-6-10/h2-9,11,16H,1H3,(H,17,18). The van der Waals surface area contributed by atoms with E-state index >= 15 is 0 Å². The van der Waals surface area contributed by atoms with Crippen molar-refractivity contribution in [2.45, 2.75) is 19.1 Å². The summed E-state index contributed by atoms with van der Waals surface area (Å²) in [7, 11) is 0. The van der Waals surface area contributed by atoms with E-state index in [2.05, 4.69) is 4.98 Å². The van der Waals surface area contributed by atoms with Crippen molar-refractivity contribution in [3.63, 3.8) is 0 Å². The van der Waals surface area contributed by atoms with Gasteiger partial charge in [-0.25, -0.2) is 9.78 Å². The molecule has 0 amide bonds. The van der Waals surface area contributed by atoms with Crippen LogP contribution >= 0.6 is 0 Å². The Labute approximate surface area is 104 Å². The SMILES string of the molecule is CC(O)c1nccn1C(C(=O)O)c1ccccc1. The van der Waals surface area contributed by atoms with Gasteiger partial charge in [0, 0.05) is 12.4 Å². The van der Waals surface area contributed by atoms with E-state index in [0.717, 1.165) is 0 Å². The third-order valence-corrected chi connectivity index (χ3v) is 2.70. The highest BCUT2D eigenvalue weighted by Gasteiger charge is 2.25. The van der Waals surface area contributed by atoms with Crippen LogP contribution in [0.25, 0.3) is 0 Å². The molecule has 2 aromatic rings. The largest absolute Gasteiger partial charge is 0.479 e. The Kier molecular flexibility index (Phi) is 3.43. The molecule has 1 aromatic heterocycles. The maximum absolute atomic E-state index is 11.4. The molecular formula is C13H14N2O3. The predicted molar refractivity (Wildman–Crippen MR) is 65.1 cm³/mol. The number of aliphatic hydroxyl groups excluding tert-OH is 1. The molecule has 18 heavy (non-hydrogen) atoms. The molecule has 0 spiro atoms. The number of hydrogen-bond acceptors (Lipinski definition) is 3. The number of aliphatic hydroxyl groups is 1. The van der Waals surface area contributed by atoms with Crippen molar-refractivity contribution >= 4 is 5.97 Å². The lowest BCUT2D eigenvalue weighted by molar-refractivity contribution is -0.139. The first-order valence-corrected chi connectivity index (χ1v) is 5.60. The highest BCUT2D eigenvalue weighted by atomic mass is 16.4. The molecule has 0 saturated heterocycles. The quantitative estimate of drug-likeness (QED) is 0.859. The predicted octanol–water partition coefficient (Wildman–Crippen LogP) is 1.61. The molecule has 2 rings (SSSR count). The lowest BCUT2D eigenvalue weighted by Crippen LogP contribution is -2.22. The average molecular weight is 246 g/mol. The van der Waals surface area contributed by atoms with Crippen LogP contribution in [0.2, 0.25) is 0 Å². The summed E-state index contributed by atoms with van der Waals surface area (Å²) >= 11 is 0. The molecule has 2 N–H and O–H groups in total. The van der Waals surface area contributed by atoms with E-state index in [0.29, 0.717) is 11.4 Å². The summed E-state index contributed by atoms with van der Waals surface area (Å²) in [5, 5.41) is 19.0. The summed E-state index contributed by atoms with van der Waals surface area (Å²) in [6, 6.07) is 7.99. The third kappa shape index (κ3) is 2.26. The molecule has 94 valence electrons. The fraction of sp³-hybridized carbons (Fsp3) is 0.231. The second-order valence-electron chi connectivity index (χ2n) is 4.02. The molecule has 0 bridgehead atoms. The van der Waals surface area contributed by atoms with Gasteiger partial charge in [-0.15, -0.1) is 0 Å². The van der Waals surface area contributed by atoms with Gasteiger partial charge in [-0.1, -0.05) is 30.3 Å². The number of aromatic nitrogens is 2. The van der Waals surface area contributed by atoms with Crippen LogP contribution in [0.15, 0.2) is 42.7 Å². The summed E-state index contributed by atoms with van der Waals surface area (Å²) in [5.74, 6) is -0.646. The number of carbonyl (C=O) groups is 1. The highest BCUT2D eigenvalue weighted by molar-refractivity contribution is 5.76. The van der Waals surface area contributed by atoms with Crippen molar-refractivity contribution in [3.8, 4) is 0 Å². The highest BCUT2D eigenvalue weighted by Crippen LogP contribution is 2.22. The monoisotopic (exact) mass is 246 g/mol. The Hall–Kier alpha value is -2.14. The van der Waals surface area contributed by atoms with E-state index in [4.69, 9.17) is 0 Å². The molecule has 1 heterocycles. The van der Waals surface area contributed by atoms with Crippen LogP contribution < -0.4 is 0 Å². The number of benzene rings is 1. The first kappa shape index (κ1) is 12.3. The van der Waals surface area contributed by atoms with Crippen LogP contribution in [0.1, 0.15) is 30.5 Å². The number of carboxylic acids is 1. The summed E-state index contributed by atoms with van der Waals surface area (Å²) in [6.07, 6.45) is 2.24. The van der Waals surface area contributed by atoms with Gasteiger partial charge in [0.1, 0.15) is 11.9 Å². The molecule has 5 nitrogen and oxygen atoms in total. The Morgan fingerprint density at radius 2 is 2.00 bits per heavy atom. The van der Waals surface area contributed by atoms with E-state index < -0.39 is 18.1 Å². The lowest BCUT2D eigenvalue weighted by atomic mass is 10.1. The molecule has 1 aromatic carbocycles. The molecule has 0 radical (unpaired) electrons. The number of aliphatic carboxylic acids is 1. The van der Waals surface area contributed by atoms with E-state index in [1.54, 1.807) is 37.4 Å². The third-order valence-electron chi connectivity index (χ3n) is 2.70. The summed E-state index contributed by atoms with van der Waals surface area (Å²) in [6.45, 7) is 1.56. The summed E-state index contributed by atoms with van der Waals surface area (Å²) < 4.78 is 1.47. The van der Waals surface area contributed by atoms with Crippen molar-refractivity contribution in [1.82, 2.24) is 9.55 Å². The minimum absolute atomic E-state index is 0.339.